The Morgan fingerprint density at radius 1 is 0.931 bits per heavy atom. The van der Waals surface area contributed by atoms with Gasteiger partial charge in [0.05, 0.1) is 6.04 Å². The summed E-state index contributed by atoms with van der Waals surface area (Å²) >= 11 is 0. The number of carbonyl (C=O) groups excluding carboxylic acids is 2. The summed E-state index contributed by atoms with van der Waals surface area (Å²) in [6, 6.07) is 18.8. The predicted octanol–water partition coefficient (Wildman–Crippen LogP) is 3.65. The van der Waals surface area contributed by atoms with Gasteiger partial charge < -0.3 is 15.5 Å². The molecule has 0 bridgehead atoms. The van der Waals surface area contributed by atoms with Crippen molar-refractivity contribution in [2.45, 2.75) is 44.2 Å². The molecule has 1 heterocycles. The molecule has 1 fully saturated rings. The van der Waals surface area contributed by atoms with E-state index >= 15 is 0 Å². The molecule has 2 aromatic rings. The van der Waals surface area contributed by atoms with Gasteiger partial charge in [0.15, 0.2) is 0 Å². The maximum atomic E-state index is 13.3. The van der Waals surface area contributed by atoms with E-state index in [0.717, 1.165) is 37.7 Å². The number of amides is 3. The van der Waals surface area contributed by atoms with E-state index in [0.29, 0.717) is 6.54 Å². The Hall–Kier alpha value is -2.82. The van der Waals surface area contributed by atoms with E-state index in [1.165, 1.54) is 11.1 Å². The molecule has 1 saturated carbocycles. The molecule has 29 heavy (non-hydrogen) atoms. The Labute approximate surface area is 172 Å². The SMILES string of the molecule is CNC(=O)C1CCC(NC(=O)N2CCc3ccccc3[C@@H]2c2ccccc2)CC1. The molecule has 0 saturated heterocycles. The lowest BCUT2D eigenvalue weighted by Crippen LogP contribution is -2.50. The largest absolute Gasteiger partial charge is 0.359 e. The van der Waals surface area contributed by atoms with E-state index in [1.807, 2.05) is 23.1 Å². The number of hydrogen-bond donors (Lipinski definition) is 2. The number of urea groups is 1. The summed E-state index contributed by atoms with van der Waals surface area (Å²) in [5.41, 5.74) is 3.66. The van der Waals surface area contributed by atoms with Crippen molar-refractivity contribution in [3.63, 3.8) is 0 Å². The summed E-state index contributed by atoms with van der Waals surface area (Å²) in [5, 5.41) is 5.99. The minimum absolute atomic E-state index is 0.00301. The van der Waals surface area contributed by atoms with Gasteiger partial charge in [0.1, 0.15) is 0 Å². The summed E-state index contributed by atoms with van der Waals surface area (Å²) in [7, 11) is 1.69. The summed E-state index contributed by atoms with van der Waals surface area (Å²) in [4.78, 5) is 27.1. The first-order valence-corrected chi connectivity index (χ1v) is 10.6. The van der Waals surface area contributed by atoms with Crippen LogP contribution in [0.2, 0.25) is 0 Å². The first-order chi connectivity index (χ1) is 14.2. The van der Waals surface area contributed by atoms with Crippen molar-refractivity contribution in [2.24, 2.45) is 5.92 Å². The molecule has 3 amide bonds. The number of fused-ring (bicyclic) bond motifs is 1. The van der Waals surface area contributed by atoms with Crippen LogP contribution in [-0.4, -0.2) is 36.5 Å². The average Bonchev–Trinajstić information content (AvgIpc) is 2.78. The second kappa shape index (κ2) is 8.68. The monoisotopic (exact) mass is 391 g/mol. The maximum absolute atomic E-state index is 13.3. The highest BCUT2D eigenvalue weighted by atomic mass is 16.2. The van der Waals surface area contributed by atoms with E-state index in [-0.39, 0.29) is 29.9 Å². The minimum atomic E-state index is -0.0663. The van der Waals surface area contributed by atoms with Gasteiger partial charge in [0.25, 0.3) is 0 Å². The molecule has 5 heteroatoms. The quantitative estimate of drug-likeness (QED) is 0.839. The molecule has 0 aromatic heterocycles. The molecular formula is C24H29N3O2. The summed E-state index contributed by atoms with van der Waals surface area (Å²) in [5.74, 6) is 0.193. The van der Waals surface area contributed by atoms with Gasteiger partial charge in [0.2, 0.25) is 5.91 Å². The Kier molecular flexibility index (Phi) is 5.84. The minimum Gasteiger partial charge on any atom is -0.359 e. The lowest BCUT2D eigenvalue weighted by Gasteiger charge is -2.39. The van der Waals surface area contributed by atoms with E-state index in [2.05, 4.69) is 47.0 Å². The van der Waals surface area contributed by atoms with Gasteiger partial charge in [-0.3, -0.25) is 4.79 Å². The Morgan fingerprint density at radius 3 is 2.34 bits per heavy atom. The number of nitrogens with zero attached hydrogens (tertiary/aromatic N) is 1. The molecule has 5 nitrogen and oxygen atoms in total. The van der Waals surface area contributed by atoms with Crippen LogP contribution in [0.15, 0.2) is 54.6 Å². The Balaban J connectivity index is 1.50. The number of nitrogens with one attached hydrogen (secondary N) is 2. The molecule has 2 N–H and O–H groups in total. The third-order valence-electron chi connectivity index (χ3n) is 6.33. The Morgan fingerprint density at radius 2 is 1.62 bits per heavy atom. The number of hydrogen-bond acceptors (Lipinski definition) is 2. The normalized spacial score (nSPS) is 23.8. The van der Waals surface area contributed by atoms with Crippen LogP contribution in [0.5, 0.6) is 0 Å². The van der Waals surface area contributed by atoms with Crippen LogP contribution < -0.4 is 10.6 Å². The van der Waals surface area contributed by atoms with Crippen molar-refractivity contribution in [2.75, 3.05) is 13.6 Å². The van der Waals surface area contributed by atoms with Crippen LogP contribution in [0.1, 0.15) is 48.4 Å². The highest BCUT2D eigenvalue weighted by Gasteiger charge is 2.33. The zero-order valence-corrected chi connectivity index (χ0v) is 16.9. The van der Waals surface area contributed by atoms with Crippen molar-refractivity contribution in [3.05, 3.63) is 71.3 Å². The lowest BCUT2D eigenvalue weighted by molar-refractivity contribution is -0.125. The number of benzene rings is 2. The van der Waals surface area contributed by atoms with Crippen molar-refractivity contribution in [1.82, 2.24) is 15.5 Å². The molecule has 0 radical (unpaired) electrons. The molecular weight excluding hydrogens is 362 g/mol. The van der Waals surface area contributed by atoms with Gasteiger partial charge in [-0.15, -0.1) is 0 Å². The van der Waals surface area contributed by atoms with Crippen molar-refractivity contribution in [3.8, 4) is 0 Å². The van der Waals surface area contributed by atoms with Crippen LogP contribution in [0.3, 0.4) is 0 Å². The second-order valence-corrected chi connectivity index (χ2v) is 8.07. The van der Waals surface area contributed by atoms with Gasteiger partial charge in [-0.25, -0.2) is 4.79 Å². The van der Waals surface area contributed by atoms with E-state index in [4.69, 9.17) is 0 Å². The topological polar surface area (TPSA) is 61.4 Å². The van der Waals surface area contributed by atoms with Crippen LogP contribution in [0, 0.1) is 5.92 Å². The highest BCUT2D eigenvalue weighted by Crippen LogP contribution is 2.35. The van der Waals surface area contributed by atoms with E-state index in [9.17, 15) is 9.59 Å². The maximum Gasteiger partial charge on any atom is 0.318 e. The molecule has 0 spiro atoms. The van der Waals surface area contributed by atoms with Crippen LogP contribution in [-0.2, 0) is 11.2 Å². The van der Waals surface area contributed by atoms with Gasteiger partial charge >= 0.3 is 6.03 Å². The zero-order chi connectivity index (χ0) is 20.2. The summed E-state index contributed by atoms with van der Waals surface area (Å²) in [6.45, 7) is 0.704. The zero-order valence-electron chi connectivity index (χ0n) is 16.9. The van der Waals surface area contributed by atoms with Gasteiger partial charge in [-0.1, -0.05) is 54.6 Å². The molecule has 0 unspecified atom stereocenters. The fourth-order valence-corrected chi connectivity index (χ4v) is 4.74. The molecule has 2 aliphatic rings. The third kappa shape index (κ3) is 4.14. The predicted molar refractivity (Wildman–Crippen MR) is 113 cm³/mol. The summed E-state index contributed by atoms with van der Waals surface area (Å²) < 4.78 is 0. The number of rotatable bonds is 3. The van der Waals surface area contributed by atoms with Crippen LogP contribution in [0.25, 0.3) is 0 Å². The second-order valence-electron chi connectivity index (χ2n) is 8.07. The molecule has 152 valence electrons. The molecule has 2 aromatic carbocycles. The smallest absolute Gasteiger partial charge is 0.318 e. The highest BCUT2D eigenvalue weighted by molar-refractivity contribution is 5.79. The first-order valence-electron chi connectivity index (χ1n) is 10.6. The number of carbonyl (C=O) groups is 2. The standard InChI is InChI=1S/C24H29N3O2/c1-25-23(28)19-11-13-20(14-12-19)26-24(29)27-16-15-17-7-5-6-10-21(17)22(27)18-8-3-2-4-9-18/h2-10,19-20,22H,11-16H2,1H3,(H,25,28)(H,26,29)/t19?,20?,22-/m0/s1. The Bertz CT molecular complexity index is 859. The molecule has 1 atom stereocenters. The summed E-state index contributed by atoms with van der Waals surface area (Å²) in [6.07, 6.45) is 4.23. The van der Waals surface area contributed by atoms with Crippen molar-refractivity contribution in [1.29, 1.82) is 0 Å². The fraction of sp³-hybridized carbons (Fsp3) is 0.417. The van der Waals surface area contributed by atoms with Gasteiger partial charge in [0, 0.05) is 25.6 Å². The van der Waals surface area contributed by atoms with Crippen LogP contribution in [0.4, 0.5) is 4.79 Å². The molecule has 4 rings (SSSR count). The molecule has 1 aliphatic heterocycles. The fourth-order valence-electron chi connectivity index (χ4n) is 4.74. The first kappa shape index (κ1) is 19.5. The average molecular weight is 392 g/mol. The third-order valence-corrected chi connectivity index (χ3v) is 6.33. The lowest BCUT2D eigenvalue weighted by atomic mass is 9.85. The van der Waals surface area contributed by atoms with E-state index < -0.39 is 0 Å². The molecule has 1 aliphatic carbocycles. The van der Waals surface area contributed by atoms with Gasteiger partial charge in [-0.2, -0.15) is 0 Å². The van der Waals surface area contributed by atoms with Gasteiger partial charge in [-0.05, 0) is 48.8 Å². The van der Waals surface area contributed by atoms with Crippen molar-refractivity contribution >= 4 is 11.9 Å². The van der Waals surface area contributed by atoms with Crippen LogP contribution >= 0.6 is 0 Å². The van der Waals surface area contributed by atoms with Crippen molar-refractivity contribution < 1.29 is 9.59 Å². The van der Waals surface area contributed by atoms with E-state index in [1.54, 1.807) is 7.05 Å².